The van der Waals surface area contributed by atoms with Gasteiger partial charge in [0.05, 0.1) is 18.6 Å². The van der Waals surface area contributed by atoms with Gasteiger partial charge in [0, 0.05) is 36.6 Å². The smallest absolute Gasteiger partial charge is 0.232 e. The third kappa shape index (κ3) is 5.96. The van der Waals surface area contributed by atoms with Crippen molar-refractivity contribution in [2.45, 2.75) is 19.1 Å². The average Bonchev–Trinajstić information content (AvgIpc) is 2.99. The first-order valence-corrected chi connectivity index (χ1v) is 9.73. The van der Waals surface area contributed by atoms with Gasteiger partial charge in [-0.1, -0.05) is 6.07 Å². The molecule has 1 aromatic carbocycles. The van der Waals surface area contributed by atoms with E-state index in [-0.39, 0.29) is 17.4 Å². The first kappa shape index (κ1) is 20.1. The molecule has 1 N–H and O–H groups in total. The number of oxazole rings is 1. The number of nitrogens with zero attached hydrogens (tertiary/aromatic N) is 1. The number of methoxy groups -OCH3 is 2. The first-order chi connectivity index (χ1) is 12.5. The van der Waals surface area contributed by atoms with Gasteiger partial charge in [0.15, 0.2) is 0 Å². The summed E-state index contributed by atoms with van der Waals surface area (Å²) in [6, 6.07) is 7.36. The van der Waals surface area contributed by atoms with Gasteiger partial charge >= 0.3 is 0 Å². The number of hydrogen-bond acceptors (Lipinski definition) is 6. The van der Waals surface area contributed by atoms with Crippen molar-refractivity contribution in [3.63, 3.8) is 0 Å². The van der Waals surface area contributed by atoms with Crippen LogP contribution in [0.3, 0.4) is 0 Å². The van der Waals surface area contributed by atoms with Crippen LogP contribution in [-0.4, -0.2) is 48.2 Å². The van der Waals surface area contributed by atoms with Crippen LogP contribution in [0.25, 0.3) is 11.5 Å². The quantitative estimate of drug-likeness (QED) is 0.635. The summed E-state index contributed by atoms with van der Waals surface area (Å²) >= 11 is 0. The van der Waals surface area contributed by atoms with Crippen molar-refractivity contribution in [2.75, 3.05) is 33.1 Å². The van der Waals surface area contributed by atoms with Crippen LogP contribution in [0.5, 0.6) is 5.75 Å². The van der Waals surface area contributed by atoms with Gasteiger partial charge in [0.2, 0.25) is 11.8 Å². The van der Waals surface area contributed by atoms with Crippen molar-refractivity contribution in [1.29, 1.82) is 0 Å². The fourth-order valence-electron chi connectivity index (χ4n) is 2.29. The van der Waals surface area contributed by atoms with Crippen molar-refractivity contribution < 1.29 is 22.9 Å². The molecule has 0 aliphatic carbocycles. The topological polar surface area (TPSA) is 90.7 Å². The molecular formula is C18H24N2O5S. The largest absolute Gasteiger partial charge is 0.497 e. The second-order valence-electron chi connectivity index (χ2n) is 5.68. The highest BCUT2D eigenvalue weighted by molar-refractivity contribution is 7.84. The zero-order valence-electron chi connectivity index (χ0n) is 15.2. The molecule has 0 spiro atoms. The normalized spacial score (nSPS) is 12.0. The predicted molar refractivity (Wildman–Crippen MR) is 99.4 cm³/mol. The lowest BCUT2D eigenvalue weighted by Gasteiger charge is -2.04. The Kier molecular flexibility index (Phi) is 7.80. The van der Waals surface area contributed by atoms with E-state index in [1.165, 1.54) is 0 Å². The van der Waals surface area contributed by atoms with Crippen LogP contribution in [0.2, 0.25) is 0 Å². The lowest BCUT2D eigenvalue weighted by molar-refractivity contribution is -0.118. The Labute approximate surface area is 155 Å². The number of rotatable bonds is 10. The summed E-state index contributed by atoms with van der Waals surface area (Å²) < 4.78 is 28.0. The maximum Gasteiger partial charge on any atom is 0.232 e. The molecular weight excluding hydrogens is 356 g/mol. The van der Waals surface area contributed by atoms with Crippen LogP contribution in [0.1, 0.15) is 17.9 Å². The number of benzene rings is 1. The summed E-state index contributed by atoms with van der Waals surface area (Å²) in [6.07, 6.45) is 0.723. The molecule has 0 bridgehead atoms. The molecule has 2 aromatic rings. The molecule has 1 atom stereocenters. The fourth-order valence-corrected chi connectivity index (χ4v) is 3.36. The number of aryl methyl sites for hydroxylation is 1. The summed E-state index contributed by atoms with van der Waals surface area (Å²) in [5.74, 6) is 1.61. The Morgan fingerprint density at radius 1 is 1.35 bits per heavy atom. The number of hydrogen-bond donors (Lipinski definition) is 1. The van der Waals surface area contributed by atoms with Gasteiger partial charge < -0.3 is 19.2 Å². The van der Waals surface area contributed by atoms with E-state index < -0.39 is 10.8 Å². The summed E-state index contributed by atoms with van der Waals surface area (Å²) in [4.78, 5) is 16.2. The Morgan fingerprint density at radius 2 is 2.15 bits per heavy atom. The molecule has 0 fully saturated rings. The fraction of sp³-hybridized carbons (Fsp3) is 0.444. The van der Waals surface area contributed by atoms with Gasteiger partial charge in [-0.05, 0) is 31.5 Å². The van der Waals surface area contributed by atoms with E-state index in [0.717, 1.165) is 12.0 Å². The van der Waals surface area contributed by atoms with E-state index in [1.54, 1.807) is 21.1 Å². The van der Waals surface area contributed by atoms with Gasteiger partial charge in [0.1, 0.15) is 17.3 Å². The Morgan fingerprint density at radius 3 is 2.88 bits per heavy atom. The Hall–Kier alpha value is -2.19. The number of carbonyl (C=O) groups is 1. The molecule has 8 heteroatoms. The zero-order valence-corrected chi connectivity index (χ0v) is 16.1. The van der Waals surface area contributed by atoms with Crippen LogP contribution >= 0.6 is 0 Å². The Bertz CT molecular complexity index is 760. The third-order valence-electron chi connectivity index (χ3n) is 3.65. The van der Waals surface area contributed by atoms with Crippen LogP contribution in [0.15, 0.2) is 28.7 Å². The molecule has 0 radical (unpaired) electrons. The summed E-state index contributed by atoms with van der Waals surface area (Å²) in [5.41, 5.74) is 1.37. The SMILES string of the molecule is COCCCNC(=O)C[S@@](=O)Cc1nc(-c2cccc(OC)c2)oc1C. The minimum absolute atomic E-state index is 0.0617. The van der Waals surface area contributed by atoms with Crippen molar-refractivity contribution in [3.8, 4) is 17.2 Å². The van der Waals surface area contributed by atoms with E-state index in [4.69, 9.17) is 13.9 Å². The highest BCUT2D eigenvalue weighted by Crippen LogP contribution is 2.25. The number of ether oxygens (including phenoxy) is 2. The maximum atomic E-state index is 12.2. The zero-order chi connectivity index (χ0) is 18.9. The summed E-state index contributed by atoms with van der Waals surface area (Å²) in [7, 11) is 1.84. The molecule has 0 aliphatic heterocycles. The van der Waals surface area contributed by atoms with Crippen molar-refractivity contribution in [3.05, 3.63) is 35.7 Å². The van der Waals surface area contributed by atoms with Crippen molar-refractivity contribution in [2.24, 2.45) is 0 Å². The number of carbonyl (C=O) groups excluding carboxylic acids is 1. The number of aromatic nitrogens is 1. The van der Waals surface area contributed by atoms with Crippen molar-refractivity contribution >= 4 is 16.7 Å². The minimum Gasteiger partial charge on any atom is -0.497 e. The molecule has 1 aromatic heterocycles. The molecule has 7 nitrogen and oxygen atoms in total. The van der Waals surface area contributed by atoms with Crippen molar-refractivity contribution in [1.82, 2.24) is 10.3 Å². The third-order valence-corrected chi connectivity index (χ3v) is 4.83. The molecule has 0 saturated carbocycles. The molecule has 1 heterocycles. The molecule has 142 valence electrons. The van der Waals surface area contributed by atoms with Gasteiger partial charge in [-0.25, -0.2) is 4.98 Å². The lowest BCUT2D eigenvalue weighted by atomic mass is 10.2. The van der Waals surface area contributed by atoms with Gasteiger partial charge in [-0.15, -0.1) is 0 Å². The average molecular weight is 380 g/mol. The van der Waals surface area contributed by atoms with E-state index in [2.05, 4.69) is 10.3 Å². The maximum absolute atomic E-state index is 12.2. The molecule has 0 unspecified atom stereocenters. The van der Waals surface area contributed by atoms with E-state index in [9.17, 15) is 9.00 Å². The second kappa shape index (κ2) is 10.1. The second-order valence-corrected chi connectivity index (χ2v) is 7.14. The highest BCUT2D eigenvalue weighted by atomic mass is 32.2. The van der Waals surface area contributed by atoms with Crippen LogP contribution in [0.4, 0.5) is 0 Å². The summed E-state index contributed by atoms with van der Waals surface area (Å²) in [6.45, 7) is 2.86. The van der Waals surface area contributed by atoms with E-state index in [1.807, 2.05) is 24.3 Å². The minimum atomic E-state index is -1.36. The molecule has 2 rings (SSSR count). The lowest BCUT2D eigenvalue weighted by Crippen LogP contribution is -2.30. The molecule has 0 aliphatic rings. The van der Waals surface area contributed by atoms with Gasteiger partial charge in [0.25, 0.3) is 0 Å². The van der Waals surface area contributed by atoms with Gasteiger partial charge in [-0.3, -0.25) is 9.00 Å². The van der Waals surface area contributed by atoms with Gasteiger partial charge in [-0.2, -0.15) is 0 Å². The Balaban J connectivity index is 1.94. The first-order valence-electron chi connectivity index (χ1n) is 8.24. The monoisotopic (exact) mass is 380 g/mol. The molecule has 26 heavy (non-hydrogen) atoms. The van der Waals surface area contributed by atoms with E-state index in [0.29, 0.717) is 36.2 Å². The van der Waals surface area contributed by atoms with Crippen LogP contribution in [0, 0.1) is 6.92 Å². The molecule has 1 amide bonds. The van der Waals surface area contributed by atoms with E-state index >= 15 is 0 Å². The van der Waals surface area contributed by atoms with Crippen LogP contribution in [-0.2, 0) is 26.1 Å². The van der Waals surface area contributed by atoms with Crippen LogP contribution < -0.4 is 10.1 Å². The number of nitrogens with one attached hydrogen (secondary N) is 1. The standard InChI is InChI=1S/C18H24N2O5S/c1-13-16(11-26(22)12-17(21)19-8-5-9-23-2)20-18(25-13)14-6-4-7-15(10-14)24-3/h4,6-7,10H,5,8-9,11-12H2,1-3H3,(H,19,21)/t26-/m0/s1. The number of amides is 1. The predicted octanol–water partition coefficient (Wildman–Crippen LogP) is 2.06. The summed E-state index contributed by atoms with van der Waals surface area (Å²) in [5, 5.41) is 2.72. The molecule has 0 saturated heterocycles. The highest BCUT2D eigenvalue weighted by Gasteiger charge is 2.16.